The Hall–Kier alpha value is -2.53. The first-order valence-electron chi connectivity index (χ1n) is 7.22. The molecular weight excluding hydrogens is 318 g/mol. The van der Waals surface area contributed by atoms with E-state index in [1.165, 1.54) is 23.5 Å². The molecule has 4 rings (SSSR count). The largest absolute Gasteiger partial charge is 0.464 e. The van der Waals surface area contributed by atoms with Crippen LogP contribution in [0.2, 0.25) is 0 Å². The molecule has 0 aromatic carbocycles. The second-order valence-electron chi connectivity index (χ2n) is 5.49. The molecule has 3 aromatic heterocycles. The molecule has 24 heavy (non-hydrogen) atoms. The third-order valence-corrected chi connectivity index (χ3v) is 4.21. The van der Waals surface area contributed by atoms with Crippen molar-refractivity contribution in [2.45, 2.75) is 24.0 Å². The molecule has 1 aliphatic heterocycles. The number of hydrogen-bond acceptors (Lipinski definition) is 9. The van der Waals surface area contributed by atoms with Gasteiger partial charge in [0, 0.05) is 0 Å². The number of aliphatic hydroxyl groups is 3. The number of nitrogens with zero attached hydrogens (tertiary/aromatic N) is 4. The molecule has 3 aromatic rings. The normalized spacial score (nSPS) is 30.2. The van der Waals surface area contributed by atoms with Crippen molar-refractivity contribution in [2.75, 3.05) is 12.3 Å². The third-order valence-electron chi connectivity index (χ3n) is 4.21. The summed E-state index contributed by atoms with van der Waals surface area (Å²) in [6.45, 7) is -0.482. The summed E-state index contributed by atoms with van der Waals surface area (Å²) >= 11 is 0. The highest BCUT2D eigenvalue weighted by Gasteiger charge is 2.59. The van der Waals surface area contributed by atoms with Gasteiger partial charge < -0.3 is 30.2 Å². The summed E-state index contributed by atoms with van der Waals surface area (Å²) in [5.74, 6) is 0.390. The summed E-state index contributed by atoms with van der Waals surface area (Å²) in [6.07, 6.45) is 0.252. The monoisotopic (exact) mass is 333 g/mol. The van der Waals surface area contributed by atoms with Gasteiger partial charge in [0.1, 0.15) is 36.5 Å². The average Bonchev–Trinajstić information content (AvgIpc) is 3.29. The lowest BCUT2D eigenvalue weighted by Gasteiger charge is -2.31. The van der Waals surface area contributed by atoms with Crippen LogP contribution in [-0.4, -0.2) is 59.8 Å². The zero-order valence-corrected chi connectivity index (χ0v) is 12.4. The second-order valence-corrected chi connectivity index (χ2v) is 5.49. The van der Waals surface area contributed by atoms with E-state index in [-0.39, 0.29) is 11.6 Å². The lowest BCUT2D eigenvalue weighted by atomic mass is 10.00. The molecule has 4 heterocycles. The van der Waals surface area contributed by atoms with Gasteiger partial charge in [-0.25, -0.2) is 15.0 Å². The lowest BCUT2D eigenvalue weighted by molar-refractivity contribution is -0.127. The van der Waals surface area contributed by atoms with E-state index in [1.807, 2.05) is 0 Å². The molecule has 1 saturated heterocycles. The molecule has 4 atom stereocenters. The lowest BCUT2D eigenvalue weighted by Crippen LogP contribution is -2.46. The fourth-order valence-corrected chi connectivity index (χ4v) is 3.05. The zero-order valence-electron chi connectivity index (χ0n) is 12.4. The van der Waals surface area contributed by atoms with Crippen molar-refractivity contribution in [3.05, 3.63) is 36.8 Å². The summed E-state index contributed by atoms with van der Waals surface area (Å²) in [6, 6.07) is 3.21. The number of rotatable bonds is 3. The third kappa shape index (κ3) is 1.82. The average molecular weight is 333 g/mol. The zero-order chi connectivity index (χ0) is 16.9. The Bertz CT molecular complexity index is 866. The van der Waals surface area contributed by atoms with Crippen molar-refractivity contribution in [2.24, 2.45) is 0 Å². The maximum Gasteiger partial charge on any atom is 0.236 e. The Morgan fingerprint density at radius 2 is 2.12 bits per heavy atom. The molecule has 10 nitrogen and oxygen atoms in total. The molecule has 1 fully saturated rings. The summed E-state index contributed by atoms with van der Waals surface area (Å²) < 4.78 is 12.7. The van der Waals surface area contributed by atoms with E-state index in [1.54, 1.807) is 12.1 Å². The fourth-order valence-electron chi connectivity index (χ4n) is 3.05. The maximum atomic E-state index is 10.7. The number of furan rings is 1. The van der Waals surface area contributed by atoms with Crippen molar-refractivity contribution >= 4 is 17.0 Å². The van der Waals surface area contributed by atoms with Crippen molar-refractivity contribution in [3.63, 3.8) is 0 Å². The molecule has 5 N–H and O–H groups in total. The minimum Gasteiger partial charge on any atom is -0.464 e. The van der Waals surface area contributed by atoms with Crippen LogP contribution < -0.4 is 5.73 Å². The molecule has 0 amide bonds. The van der Waals surface area contributed by atoms with Crippen molar-refractivity contribution in [3.8, 4) is 0 Å². The molecule has 0 bridgehead atoms. The number of aliphatic hydroxyl groups excluding tert-OH is 3. The first kappa shape index (κ1) is 15.0. The number of nitrogens with two attached hydrogens (primary N) is 1. The van der Waals surface area contributed by atoms with E-state index >= 15 is 0 Å². The first-order valence-corrected chi connectivity index (χ1v) is 7.22. The van der Waals surface area contributed by atoms with E-state index in [9.17, 15) is 15.3 Å². The van der Waals surface area contributed by atoms with Gasteiger partial charge in [-0.1, -0.05) is 0 Å². The molecule has 0 unspecified atom stereocenters. The van der Waals surface area contributed by atoms with Gasteiger partial charge in [0.2, 0.25) is 5.72 Å². The fraction of sp³-hybridized carbons (Fsp3) is 0.357. The summed E-state index contributed by atoms with van der Waals surface area (Å²) in [7, 11) is 0. The minimum absolute atomic E-state index is 0.167. The maximum absolute atomic E-state index is 10.7. The number of fused-ring (bicyclic) bond motifs is 1. The molecule has 0 spiro atoms. The van der Waals surface area contributed by atoms with Crippen LogP contribution in [0.3, 0.4) is 0 Å². The van der Waals surface area contributed by atoms with Gasteiger partial charge in [0.05, 0.1) is 12.9 Å². The summed E-state index contributed by atoms with van der Waals surface area (Å²) in [4.78, 5) is 12.2. The van der Waals surface area contributed by atoms with Crippen molar-refractivity contribution in [1.82, 2.24) is 19.5 Å². The van der Waals surface area contributed by atoms with Crippen LogP contribution in [0.15, 0.2) is 35.5 Å². The van der Waals surface area contributed by atoms with Crippen LogP contribution in [0, 0.1) is 0 Å². The molecule has 1 aliphatic rings. The predicted molar refractivity (Wildman–Crippen MR) is 79.5 cm³/mol. The minimum atomic E-state index is -1.65. The highest BCUT2D eigenvalue weighted by Crippen LogP contribution is 2.42. The Morgan fingerprint density at radius 3 is 2.79 bits per heavy atom. The molecular formula is C14H15N5O5. The predicted octanol–water partition coefficient (Wildman–Crippen LogP) is -1.18. The van der Waals surface area contributed by atoms with Crippen LogP contribution in [0.25, 0.3) is 11.2 Å². The van der Waals surface area contributed by atoms with Gasteiger partial charge >= 0.3 is 0 Å². The van der Waals surface area contributed by atoms with E-state index in [0.29, 0.717) is 11.2 Å². The summed E-state index contributed by atoms with van der Waals surface area (Å²) in [5.41, 5.74) is 4.77. The number of hydrogen-bond donors (Lipinski definition) is 4. The van der Waals surface area contributed by atoms with Crippen LogP contribution >= 0.6 is 0 Å². The van der Waals surface area contributed by atoms with Gasteiger partial charge in [-0.15, -0.1) is 0 Å². The Morgan fingerprint density at radius 1 is 1.29 bits per heavy atom. The van der Waals surface area contributed by atoms with E-state index < -0.39 is 30.6 Å². The van der Waals surface area contributed by atoms with Gasteiger partial charge in [-0.05, 0) is 12.1 Å². The number of imidazole rings is 1. The van der Waals surface area contributed by atoms with Gasteiger partial charge in [-0.2, -0.15) is 0 Å². The topological polar surface area (TPSA) is 153 Å². The molecule has 0 aliphatic carbocycles. The Kier molecular flexibility index (Phi) is 3.28. The number of ether oxygens (including phenoxy) is 1. The van der Waals surface area contributed by atoms with Gasteiger partial charge in [0.25, 0.3) is 0 Å². The van der Waals surface area contributed by atoms with E-state index in [0.717, 1.165) is 0 Å². The van der Waals surface area contributed by atoms with E-state index in [2.05, 4.69) is 15.0 Å². The van der Waals surface area contributed by atoms with E-state index in [4.69, 9.17) is 14.9 Å². The number of anilines is 1. The van der Waals surface area contributed by atoms with Gasteiger partial charge in [0.15, 0.2) is 17.2 Å². The highest BCUT2D eigenvalue weighted by molar-refractivity contribution is 5.81. The number of nitrogen functional groups attached to an aromatic ring is 1. The van der Waals surface area contributed by atoms with Crippen LogP contribution in [-0.2, 0) is 10.5 Å². The quantitative estimate of drug-likeness (QED) is 0.463. The van der Waals surface area contributed by atoms with Crippen LogP contribution in [0.4, 0.5) is 5.82 Å². The molecule has 0 saturated carbocycles. The molecule has 0 radical (unpaired) electrons. The summed E-state index contributed by atoms with van der Waals surface area (Å²) in [5, 5.41) is 30.4. The standard InChI is InChI=1S/C14H15N5O5/c15-12-9-13(17-5-16-12)19(6-18-9)14(8-2-1-3-23-8)11(22)10(21)7(4-20)24-14/h1-3,5-7,10-11,20-22H,4H2,(H2,15,16,17)/t7-,10-,11-,14-/m1/s1. The Labute approximate surface area is 135 Å². The second kappa shape index (κ2) is 5.24. The highest BCUT2D eigenvalue weighted by atomic mass is 16.6. The SMILES string of the molecule is Nc1ncnc2c1ncn2[C@]1(c2ccco2)O[C@H](CO)[C@@H](O)[C@H]1O. The first-order chi connectivity index (χ1) is 11.6. The smallest absolute Gasteiger partial charge is 0.236 e. The number of aromatic nitrogens is 4. The van der Waals surface area contributed by atoms with Crippen LogP contribution in [0.5, 0.6) is 0 Å². The van der Waals surface area contributed by atoms with Gasteiger partial charge in [-0.3, -0.25) is 4.57 Å². The van der Waals surface area contributed by atoms with Crippen molar-refractivity contribution in [1.29, 1.82) is 0 Å². The molecule has 10 heteroatoms. The van der Waals surface area contributed by atoms with Crippen LogP contribution in [0.1, 0.15) is 5.76 Å². The van der Waals surface area contributed by atoms with Crippen molar-refractivity contribution < 1.29 is 24.5 Å². The molecule has 126 valence electrons. The Balaban J connectivity index is 1.99.